The Hall–Kier alpha value is -3.81. The summed E-state index contributed by atoms with van der Waals surface area (Å²) in [7, 11) is 0. The van der Waals surface area contributed by atoms with Crippen LogP contribution in [0.5, 0.6) is 0 Å². The van der Waals surface area contributed by atoms with E-state index in [2.05, 4.69) is 15.6 Å². The molecule has 170 valence electrons. The van der Waals surface area contributed by atoms with Crippen LogP contribution >= 0.6 is 0 Å². The number of benzene rings is 1. The third kappa shape index (κ3) is 4.41. The molecular formula is C25H26N4O4. The number of nitrogens with one attached hydrogen (secondary N) is 2. The van der Waals surface area contributed by atoms with E-state index in [0.29, 0.717) is 41.1 Å². The lowest BCUT2D eigenvalue weighted by molar-refractivity contribution is -0.384. The highest BCUT2D eigenvalue weighted by Crippen LogP contribution is 2.46. The summed E-state index contributed by atoms with van der Waals surface area (Å²) in [6.45, 7) is 7.81. The van der Waals surface area contributed by atoms with E-state index in [0.717, 1.165) is 11.3 Å². The molecule has 2 aromatic rings. The Balaban J connectivity index is 1.81. The van der Waals surface area contributed by atoms with Crippen molar-refractivity contribution in [3.8, 4) is 0 Å². The second kappa shape index (κ2) is 8.27. The monoisotopic (exact) mass is 446 g/mol. The van der Waals surface area contributed by atoms with E-state index in [4.69, 9.17) is 0 Å². The number of carbonyl (C=O) groups is 2. The Labute approximate surface area is 192 Å². The molecule has 1 unspecified atom stereocenters. The van der Waals surface area contributed by atoms with Crippen LogP contribution in [-0.2, 0) is 9.59 Å². The highest BCUT2D eigenvalue weighted by molar-refractivity contribution is 6.09. The molecule has 1 aromatic carbocycles. The first-order valence-electron chi connectivity index (χ1n) is 10.8. The van der Waals surface area contributed by atoms with Crippen molar-refractivity contribution in [2.24, 2.45) is 5.41 Å². The number of rotatable bonds is 4. The fourth-order valence-electron chi connectivity index (χ4n) is 4.65. The minimum atomic E-state index is -0.629. The van der Waals surface area contributed by atoms with E-state index in [9.17, 15) is 19.7 Å². The zero-order chi connectivity index (χ0) is 23.9. The van der Waals surface area contributed by atoms with E-state index < -0.39 is 10.8 Å². The zero-order valence-electron chi connectivity index (χ0n) is 19.1. The minimum Gasteiger partial charge on any atom is -0.362 e. The van der Waals surface area contributed by atoms with E-state index in [-0.39, 0.29) is 22.8 Å². The molecule has 1 aliphatic carbocycles. The van der Waals surface area contributed by atoms with Crippen LogP contribution < -0.4 is 10.6 Å². The molecule has 33 heavy (non-hydrogen) atoms. The standard InChI is InChI=1S/C25H26N4O4/c1-14-9-10-26-20(11-14)28-24(31)21-15(2)27-18-12-25(3,4)13-19(30)23(18)22(21)16-5-7-17(8-6-16)29(32)33/h5-11,22,27H,12-13H2,1-4H3,(H,26,28,31). The van der Waals surface area contributed by atoms with Gasteiger partial charge in [0.1, 0.15) is 5.82 Å². The molecule has 8 nitrogen and oxygen atoms in total. The lowest BCUT2D eigenvalue weighted by atomic mass is 9.68. The number of aryl methyl sites for hydroxylation is 1. The number of allylic oxidation sites excluding steroid dienone is 3. The first-order chi connectivity index (χ1) is 15.6. The molecule has 2 heterocycles. The molecule has 1 atom stereocenters. The van der Waals surface area contributed by atoms with Gasteiger partial charge in [-0.25, -0.2) is 4.98 Å². The van der Waals surface area contributed by atoms with Crippen molar-refractivity contribution in [2.45, 2.75) is 46.5 Å². The van der Waals surface area contributed by atoms with Crippen molar-refractivity contribution < 1.29 is 14.5 Å². The molecule has 2 N–H and O–H groups in total. The number of amides is 1. The predicted octanol–water partition coefficient (Wildman–Crippen LogP) is 4.54. The maximum absolute atomic E-state index is 13.5. The van der Waals surface area contributed by atoms with Crippen molar-refractivity contribution in [1.29, 1.82) is 0 Å². The van der Waals surface area contributed by atoms with Crippen LogP contribution in [0.15, 0.2) is 65.1 Å². The average molecular weight is 447 g/mol. The van der Waals surface area contributed by atoms with E-state index in [1.807, 2.05) is 33.8 Å². The number of non-ortho nitro benzene ring substituents is 1. The van der Waals surface area contributed by atoms with Gasteiger partial charge < -0.3 is 10.6 Å². The van der Waals surface area contributed by atoms with Gasteiger partial charge in [-0.3, -0.25) is 19.7 Å². The van der Waals surface area contributed by atoms with Crippen molar-refractivity contribution in [2.75, 3.05) is 5.32 Å². The highest BCUT2D eigenvalue weighted by atomic mass is 16.6. The highest BCUT2D eigenvalue weighted by Gasteiger charge is 2.42. The largest absolute Gasteiger partial charge is 0.362 e. The zero-order valence-corrected chi connectivity index (χ0v) is 19.1. The second-order valence-electron chi connectivity index (χ2n) is 9.45. The van der Waals surface area contributed by atoms with Crippen LogP contribution in [0, 0.1) is 22.5 Å². The number of dihydropyridines is 1. The number of nitrogens with zero attached hydrogens (tertiary/aromatic N) is 2. The first kappa shape index (κ1) is 22.4. The molecule has 1 amide bonds. The molecule has 1 aromatic heterocycles. The summed E-state index contributed by atoms with van der Waals surface area (Å²) < 4.78 is 0. The Morgan fingerprint density at radius 2 is 1.88 bits per heavy atom. The van der Waals surface area contributed by atoms with E-state index in [1.54, 1.807) is 24.4 Å². The average Bonchev–Trinajstić information content (AvgIpc) is 2.71. The number of Topliss-reactive ketones (excluding diaryl/α,β-unsaturated/α-hetero) is 1. The summed E-state index contributed by atoms with van der Waals surface area (Å²) >= 11 is 0. The number of ketones is 1. The molecule has 2 aliphatic rings. The molecule has 0 radical (unpaired) electrons. The molecule has 0 spiro atoms. The molecule has 0 saturated carbocycles. The predicted molar refractivity (Wildman–Crippen MR) is 124 cm³/mol. The van der Waals surface area contributed by atoms with Gasteiger partial charge in [-0.1, -0.05) is 26.0 Å². The van der Waals surface area contributed by atoms with Gasteiger partial charge in [0, 0.05) is 53.2 Å². The maximum atomic E-state index is 13.5. The van der Waals surface area contributed by atoms with Crippen LogP contribution in [0.3, 0.4) is 0 Å². The lowest BCUT2D eigenvalue weighted by Crippen LogP contribution is -2.39. The van der Waals surface area contributed by atoms with Crippen LogP contribution in [0.1, 0.15) is 50.7 Å². The lowest BCUT2D eigenvalue weighted by Gasteiger charge is -2.39. The number of nitro benzene ring substituents is 1. The van der Waals surface area contributed by atoms with E-state index >= 15 is 0 Å². The second-order valence-corrected chi connectivity index (χ2v) is 9.45. The van der Waals surface area contributed by atoms with Gasteiger partial charge in [-0.2, -0.15) is 0 Å². The Morgan fingerprint density at radius 3 is 2.52 bits per heavy atom. The summed E-state index contributed by atoms with van der Waals surface area (Å²) in [5, 5.41) is 17.3. The topological polar surface area (TPSA) is 114 Å². The fourth-order valence-corrected chi connectivity index (χ4v) is 4.65. The molecule has 4 rings (SSSR count). The maximum Gasteiger partial charge on any atom is 0.269 e. The third-order valence-corrected chi connectivity index (χ3v) is 6.08. The third-order valence-electron chi connectivity index (χ3n) is 6.08. The van der Waals surface area contributed by atoms with Crippen LogP contribution in [0.2, 0.25) is 0 Å². The van der Waals surface area contributed by atoms with Gasteiger partial charge in [0.25, 0.3) is 11.6 Å². The van der Waals surface area contributed by atoms with Crippen molar-refractivity contribution >= 4 is 23.2 Å². The Morgan fingerprint density at radius 1 is 1.18 bits per heavy atom. The van der Waals surface area contributed by atoms with Crippen molar-refractivity contribution in [1.82, 2.24) is 10.3 Å². The summed E-state index contributed by atoms with van der Waals surface area (Å²) in [5.74, 6) is -0.608. The van der Waals surface area contributed by atoms with Gasteiger partial charge >= 0.3 is 0 Å². The smallest absolute Gasteiger partial charge is 0.269 e. The number of carbonyl (C=O) groups excluding carboxylic acids is 2. The summed E-state index contributed by atoms with van der Waals surface area (Å²) in [5.41, 5.74) is 3.77. The normalized spacial score (nSPS) is 19.6. The molecule has 8 heteroatoms. The number of anilines is 1. The van der Waals surface area contributed by atoms with Crippen molar-refractivity contribution in [3.05, 3.63) is 86.4 Å². The van der Waals surface area contributed by atoms with Gasteiger partial charge in [-0.05, 0) is 48.9 Å². The van der Waals surface area contributed by atoms with Crippen molar-refractivity contribution in [3.63, 3.8) is 0 Å². The van der Waals surface area contributed by atoms with Gasteiger partial charge in [0.05, 0.1) is 4.92 Å². The van der Waals surface area contributed by atoms with Crippen LogP contribution in [0.4, 0.5) is 11.5 Å². The summed E-state index contributed by atoms with van der Waals surface area (Å²) in [4.78, 5) is 41.7. The summed E-state index contributed by atoms with van der Waals surface area (Å²) in [6, 6.07) is 9.66. The fraction of sp³-hybridized carbons (Fsp3) is 0.320. The number of hydrogen-bond donors (Lipinski definition) is 2. The molecule has 0 saturated heterocycles. The summed E-state index contributed by atoms with van der Waals surface area (Å²) in [6.07, 6.45) is 2.65. The van der Waals surface area contributed by atoms with Gasteiger partial charge in [0.2, 0.25) is 0 Å². The Bertz CT molecular complexity index is 1230. The molecule has 1 aliphatic heterocycles. The molecule has 0 bridgehead atoms. The number of aromatic nitrogens is 1. The number of pyridine rings is 1. The van der Waals surface area contributed by atoms with Gasteiger partial charge in [-0.15, -0.1) is 0 Å². The molecular weight excluding hydrogens is 420 g/mol. The van der Waals surface area contributed by atoms with Crippen LogP contribution in [0.25, 0.3) is 0 Å². The van der Waals surface area contributed by atoms with Crippen LogP contribution in [-0.4, -0.2) is 21.6 Å². The number of hydrogen-bond acceptors (Lipinski definition) is 6. The minimum absolute atomic E-state index is 0.0245. The number of nitro groups is 1. The Kier molecular flexibility index (Phi) is 5.61. The van der Waals surface area contributed by atoms with Gasteiger partial charge in [0.15, 0.2) is 5.78 Å². The molecule has 0 fully saturated rings. The van der Waals surface area contributed by atoms with E-state index in [1.165, 1.54) is 12.1 Å². The quantitative estimate of drug-likeness (QED) is 0.526. The first-order valence-corrected chi connectivity index (χ1v) is 10.8. The SMILES string of the molecule is CC1=C(C(=O)Nc2cc(C)ccn2)C(c2ccc([N+](=O)[O-])cc2)C2=C(CC(C)(C)CC2=O)N1.